The molecule has 5 nitrogen and oxygen atoms in total. The number of nitrogens with zero attached hydrogens (tertiary/aromatic N) is 5. The SMILES string of the molecule is C[Si](C)(C)c1cc2[n+]3c(c1)-n1c4ccccc4c4ccc5c(c41)C31c3c4c(cc6c7ccccc7n(c36)-c3cc([Si](C)(C)C)cc-2[n+]31)c1ccccc1n4-5. The molecule has 0 saturated heterocycles. The van der Waals surface area contributed by atoms with Gasteiger partial charge in [0.25, 0.3) is 11.6 Å². The summed E-state index contributed by atoms with van der Waals surface area (Å²) < 4.78 is 13.5. The van der Waals surface area contributed by atoms with Crippen LogP contribution in [0, 0.1) is 0 Å². The Labute approximate surface area is 313 Å². The molecule has 1 atom stereocenters. The first-order valence-corrected chi connectivity index (χ1v) is 26.4. The molecule has 7 heteroatoms. The third-order valence-electron chi connectivity index (χ3n) is 13.5. The van der Waals surface area contributed by atoms with Crippen molar-refractivity contribution < 1.29 is 9.13 Å². The molecular weight excluding hydrogens is 691 g/mol. The maximum atomic E-state index is 2.80. The number of fused-ring (bicyclic) bond motifs is 13. The number of pyridine rings is 2. The molecule has 0 aliphatic carbocycles. The van der Waals surface area contributed by atoms with Crippen molar-refractivity contribution in [1.29, 1.82) is 0 Å². The van der Waals surface area contributed by atoms with Crippen LogP contribution in [-0.2, 0) is 5.66 Å². The van der Waals surface area contributed by atoms with Gasteiger partial charge in [0.05, 0.1) is 32.9 Å². The number of hydrogen-bond donors (Lipinski definition) is 0. The molecule has 5 aromatic carbocycles. The van der Waals surface area contributed by atoms with Gasteiger partial charge in [0, 0.05) is 44.5 Å². The molecule has 14 rings (SSSR count). The second kappa shape index (κ2) is 8.46. The van der Waals surface area contributed by atoms with E-state index in [9.17, 15) is 0 Å². The summed E-state index contributed by atoms with van der Waals surface area (Å²) in [6.07, 6.45) is 0. The van der Waals surface area contributed by atoms with Gasteiger partial charge in [-0.1, -0.05) is 81.7 Å². The Bertz CT molecular complexity index is 3510. The summed E-state index contributed by atoms with van der Waals surface area (Å²) in [4.78, 5) is 0. The summed E-state index contributed by atoms with van der Waals surface area (Å²) in [6, 6.07) is 45.1. The molecule has 10 aromatic rings. The number of hydrogen-bond acceptors (Lipinski definition) is 0. The summed E-state index contributed by atoms with van der Waals surface area (Å²) in [5.41, 5.74) is 14.0. The molecule has 0 fully saturated rings. The highest BCUT2D eigenvalue weighted by atomic mass is 28.3. The van der Waals surface area contributed by atoms with Gasteiger partial charge in [-0.15, -0.1) is 0 Å². The van der Waals surface area contributed by atoms with Crippen molar-refractivity contribution in [2.45, 2.75) is 44.9 Å². The minimum atomic E-state index is -1.78. The second-order valence-electron chi connectivity index (χ2n) is 18.3. The van der Waals surface area contributed by atoms with Crippen LogP contribution in [0.1, 0.15) is 11.1 Å². The Hall–Kier alpha value is -5.77. The highest BCUT2D eigenvalue weighted by Gasteiger charge is 2.68. The lowest BCUT2D eigenvalue weighted by molar-refractivity contribution is -0.933. The van der Waals surface area contributed by atoms with Crippen LogP contribution in [0.2, 0.25) is 39.3 Å². The summed E-state index contributed by atoms with van der Waals surface area (Å²) in [7, 11) is -3.55. The minimum Gasteiger partial charge on any atom is -0.308 e. The van der Waals surface area contributed by atoms with Crippen molar-refractivity contribution in [3.8, 4) is 28.7 Å². The molecular formula is C47H37N5Si2+2. The van der Waals surface area contributed by atoms with Crippen molar-refractivity contribution in [2.75, 3.05) is 0 Å². The predicted octanol–water partition coefficient (Wildman–Crippen LogP) is 8.86. The van der Waals surface area contributed by atoms with Crippen molar-refractivity contribution in [1.82, 2.24) is 13.7 Å². The molecule has 9 heterocycles. The predicted molar refractivity (Wildman–Crippen MR) is 226 cm³/mol. The zero-order valence-corrected chi connectivity index (χ0v) is 33.2. The van der Waals surface area contributed by atoms with Crippen LogP contribution < -0.4 is 19.5 Å². The fourth-order valence-corrected chi connectivity index (χ4v) is 13.6. The maximum Gasteiger partial charge on any atom is 0.319 e. The van der Waals surface area contributed by atoms with E-state index in [-0.39, 0.29) is 0 Å². The van der Waals surface area contributed by atoms with E-state index < -0.39 is 21.8 Å². The van der Waals surface area contributed by atoms with E-state index in [0.717, 1.165) is 0 Å². The lowest BCUT2D eigenvalue weighted by atomic mass is 9.81. The summed E-state index contributed by atoms with van der Waals surface area (Å²) in [5, 5.41) is 10.9. The quantitative estimate of drug-likeness (QED) is 0.126. The lowest BCUT2D eigenvalue weighted by Crippen LogP contribution is -2.76. The second-order valence-corrected chi connectivity index (χ2v) is 28.4. The molecule has 0 radical (unpaired) electrons. The third-order valence-corrected chi connectivity index (χ3v) is 17.6. The molecule has 0 amide bonds. The standard InChI is InChI=1S/C47H37N5Si2/c1-53(2,3)26-21-38-39-22-27(54(4,5)6)24-41-50-36-18-12-9-15-30(36)33-25-32-29-14-8-10-16-34(29)48-37-20-19-31-28-13-7-11-17-35(28)49-40(23-26)51(38)47(52(39)41,42(37)44(31)49)43(45(32)48)46(33)50/h7-25H,1-6H3/q+2. The molecule has 1 unspecified atom stereocenters. The van der Waals surface area contributed by atoms with E-state index in [1.54, 1.807) is 0 Å². The number of rotatable bonds is 2. The van der Waals surface area contributed by atoms with E-state index in [1.165, 1.54) is 116 Å². The van der Waals surface area contributed by atoms with Crippen molar-refractivity contribution in [3.63, 3.8) is 0 Å². The first-order chi connectivity index (χ1) is 26.1. The van der Waals surface area contributed by atoms with Gasteiger partial charge in [-0.25, -0.2) is 0 Å². The van der Waals surface area contributed by atoms with Gasteiger partial charge in [-0.2, -0.15) is 18.3 Å². The van der Waals surface area contributed by atoms with Crippen LogP contribution in [0.3, 0.4) is 0 Å². The summed E-state index contributed by atoms with van der Waals surface area (Å²) in [6.45, 7) is 15.0. The van der Waals surface area contributed by atoms with E-state index in [0.29, 0.717) is 0 Å². The Morgan fingerprint density at radius 3 is 1.39 bits per heavy atom. The van der Waals surface area contributed by atoms with E-state index in [4.69, 9.17) is 0 Å². The monoisotopic (exact) mass is 727 g/mol. The Kier molecular flexibility index (Phi) is 4.50. The topological polar surface area (TPSA) is 22.5 Å². The first kappa shape index (κ1) is 28.7. The zero-order valence-electron chi connectivity index (χ0n) is 31.2. The summed E-state index contributed by atoms with van der Waals surface area (Å²) in [5.74, 6) is 2.56. The fourth-order valence-electron chi connectivity index (χ4n) is 11.3. The molecule has 1 spiro atoms. The average Bonchev–Trinajstić information content (AvgIpc) is 3.88. The normalized spacial score (nSPS) is 17.1. The first-order valence-electron chi connectivity index (χ1n) is 19.4. The Balaban J connectivity index is 1.39. The van der Waals surface area contributed by atoms with Crippen LogP contribution in [0.4, 0.5) is 0 Å². The number of benzene rings is 5. The Morgan fingerprint density at radius 2 is 0.870 bits per heavy atom. The molecule has 4 aliphatic rings. The van der Waals surface area contributed by atoms with E-state index >= 15 is 0 Å². The van der Waals surface area contributed by atoms with Gasteiger partial charge < -0.3 is 4.57 Å². The number of aromatic nitrogens is 5. The molecule has 5 aromatic heterocycles. The molecule has 4 aliphatic heterocycles. The van der Waals surface area contributed by atoms with Crippen LogP contribution in [0.25, 0.3) is 94.1 Å². The third kappa shape index (κ3) is 2.79. The van der Waals surface area contributed by atoms with Gasteiger partial charge in [0.15, 0.2) is 22.4 Å². The van der Waals surface area contributed by atoms with E-state index in [1.807, 2.05) is 0 Å². The minimum absolute atomic E-state index is 0.628. The molecule has 54 heavy (non-hydrogen) atoms. The Morgan fingerprint density at radius 1 is 0.426 bits per heavy atom. The van der Waals surface area contributed by atoms with Gasteiger partial charge in [0.1, 0.15) is 22.2 Å². The molecule has 256 valence electrons. The van der Waals surface area contributed by atoms with Crippen molar-refractivity contribution in [3.05, 3.63) is 126 Å². The van der Waals surface area contributed by atoms with Crippen LogP contribution in [0.15, 0.2) is 115 Å². The number of para-hydroxylation sites is 3. The maximum absolute atomic E-state index is 2.80. The van der Waals surface area contributed by atoms with E-state index in [2.05, 4.69) is 177 Å². The highest BCUT2D eigenvalue weighted by Crippen LogP contribution is 2.57. The van der Waals surface area contributed by atoms with Gasteiger partial charge in [-0.05, 0) is 71.0 Å². The van der Waals surface area contributed by atoms with Crippen LogP contribution >= 0.6 is 0 Å². The highest BCUT2D eigenvalue weighted by molar-refractivity contribution is 6.89. The van der Waals surface area contributed by atoms with Gasteiger partial charge in [0.2, 0.25) is 0 Å². The molecule has 0 N–H and O–H groups in total. The smallest absolute Gasteiger partial charge is 0.308 e. The lowest BCUT2D eigenvalue weighted by Gasteiger charge is -2.39. The zero-order chi connectivity index (χ0) is 35.9. The molecule has 0 saturated carbocycles. The van der Waals surface area contributed by atoms with Crippen LogP contribution in [-0.4, -0.2) is 29.8 Å². The van der Waals surface area contributed by atoms with Gasteiger partial charge >= 0.3 is 5.66 Å². The fraction of sp³-hybridized carbons (Fsp3) is 0.149. The van der Waals surface area contributed by atoms with Crippen molar-refractivity contribution >= 4 is 91.9 Å². The summed E-state index contributed by atoms with van der Waals surface area (Å²) >= 11 is 0. The largest absolute Gasteiger partial charge is 0.319 e. The van der Waals surface area contributed by atoms with Crippen molar-refractivity contribution in [2.24, 2.45) is 0 Å². The average molecular weight is 728 g/mol. The van der Waals surface area contributed by atoms with Crippen LogP contribution in [0.5, 0.6) is 0 Å². The molecule has 0 bridgehead atoms. The van der Waals surface area contributed by atoms with Gasteiger partial charge in [-0.3, -0.25) is 0 Å².